The molecule has 1 aromatic heterocycles. The lowest BCUT2D eigenvalue weighted by molar-refractivity contribution is -0.107. The second kappa shape index (κ2) is 6.51. The number of nitrogens with two attached hydrogens (primary N) is 2. The molecular weight excluding hydrogens is 326 g/mol. The van der Waals surface area contributed by atoms with E-state index >= 15 is 0 Å². The van der Waals surface area contributed by atoms with Crippen molar-refractivity contribution in [3.05, 3.63) is 40.2 Å². The Kier molecular flexibility index (Phi) is 4.25. The van der Waals surface area contributed by atoms with Crippen LogP contribution < -0.4 is 32.6 Å². The van der Waals surface area contributed by atoms with Crippen molar-refractivity contribution in [2.75, 3.05) is 34.4 Å². The number of hydrogen-bond donors (Lipinski definition) is 5. The number of aromatic amines is 1. The number of hydrogen-bond acceptors (Lipinski definition) is 7. The number of benzene rings is 1. The number of aromatic nitrogens is 2. The fraction of sp³-hybridized carbons (Fsp3) is 0.200. The molecule has 0 saturated heterocycles. The summed E-state index contributed by atoms with van der Waals surface area (Å²) in [5, 5.41) is 6.20. The van der Waals surface area contributed by atoms with Gasteiger partial charge in [0.2, 0.25) is 18.3 Å². The van der Waals surface area contributed by atoms with Gasteiger partial charge in [0.1, 0.15) is 5.82 Å². The number of primary amides is 1. The Morgan fingerprint density at radius 2 is 2.12 bits per heavy atom. The highest BCUT2D eigenvalue weighted by Gasteiger charge is 2.29. The third-order valence-electron chi connectivity index (χ3n) is 3.91. The number of carbonyl (C=O) groups is 2. The van der Waals surface area contributed by atoms with E-state index in [0.717, 1.165) is 5.69 Å². The number of nitrogen functional groups attached to an aromatic ring is 1. The highest BCUT2D eigenvalue weighted by atomic mass is 16.2. The van der Waals surface area contributed by atoms with E-state index in [0.29, 0.717) is 30.9 Å². The third kappa shape index (κ3) is 3.22. The number of rotatable bonds is 5. The van der Waals surface area contributed by atoms with Crippen LogP contribution in [0.25, 0.3) is 0 Å². The van der Waals surface area contributed by atoms with E-state index in [1.54, 1.807) is 24.3 Å². The summed E-state index contributed by atoms with van der Waals surface area (Å²) in [6.45, 7) is 0.794. The van der Waals surface area contributed by atoms with Crippen molar-refractivity contribution in [3.8, 4) is 0 Å². The number of carbonyl (C=O) groups excluding carboxylic acids is 2. The number of amides is 2. The van der Waals surface area contributed by atoms with Crippen molar-refractivity contribution in [3.63, 3.8) is 0 Å². The second-order valence-corrected chi connectivity index (χ2v) is 5.52. The summed E-state index contributed by atoms with van der Waals surface area (Å²) in [7, 11) is 0. The predicted octanol–water partition coefficient (Wildman–Crippen LogP) is -0.680. The Hall–Kier alpha value is -3.56. The maximum atomic E-state index is 12.1. The highest BCUT2D eigenvalue weighted by Crippen LogP contribution is 2.25. The van der Waals surface area contributed by atoms with Gasteiger partial charge in [-0.15, -0.1) is 0 Å². The molecule has 0 spiro atoms. The zero-order chi connectivity index (χ0) is 18.0. The average molecular weight is 343 g/mol. The van der Waals surface area contributed by atoms with Crippen LogP contribution in [0.15, 0.2) is 29.1 Å². The van der Waals surface area contributed by atoms with Crippen LogP contribution in [0.1, 0.15) is 10.4 Å². The molecule has 0 bridgehead atoms. The second-order valence-electron chi connectivity index (χ2n) is 5.52. The van der Waals surface area contributed by atoms with Gasteiger partial charge >= 0.3 is 5.56 Å². The minimum Gasteiger partial charge on any atom is -0.383 e. The van der Waals surface area contributed by atoms with E-state index < -0.39 is 11.5 Å². The average Bonchev–Trinajstić information content (AvgIpc) is 2.59. The Balaban J connectivity index is 1.76. The van der Waals surface area contributed by atoms with Gasteiger partial charge in [0.15, 0.2) is 5.69 Å². The minimum atomic E-state index is -0.582. The van der Waals surface area contributed by atoms with Crippen molar-refractivity contribution in [1.29, 1.82) is 0 Å². The number of fused-ring (bicyclic) bond motifs is 1. The van der Waals surface area contributed by atoms with Gasteiger partial charge in [-0.3, -0.25) is 14.4 Å². The van der Waals surface area contributed by atoms with Crippen LogP contribution in [0, 0.1) is 0 Å². The number of anilines is 4. The van der Waals surface area contributed by atoms with Gasteiger partial charge in [-0.25, -0.2) is 0 Å². The number of H-pyrrole nitrogens is 1. The lowest BCUT2D eigenvalue weighted by atomic mass is 10.1. The molecule has 7 N–H and O–H groups in total. The third-order valence-corrected chi connectivity index (χ3v) is 3.91. The lowest BCUT2D eigenvalue weighted by Crippen LogP contribution is -2.50. The van der Waals surface area contributed by atoms with Gasteiger partial charge in [0, 0.05) is 24.3 Å². The van der Waals surface area contributed by atoms with Crippen molar-refractivity contribution in [2.45, 2.75) is 6.04 Å². The van der Waals surface area contributed by atoms with E-state index in [2.05, 4.69) is 20.6 Å². The maximum absolute atomic E-state index is 12.1. The molecule has 1 aliphatic heterocycles. The van der Waals surface area contributed by atoms with Gasteiger partial charge < -0.3 is 32.0 Å². The molecule has 2 heterocycles. The molecule has 10 nitrogen and oxygen atoms in total. The van der Waals surface area contributed by atoms with Crippen LogP contribution in [0.5, 0.6) is 0 Å². The van der Waals surface area contributed by atoms with Gasteiger partial charge in [-0.05, 0) is 24.3 Å². The van der Waals surface area contributed by atoms with E-state index in [9.17, 15) is 14.4 Å². The summed E-state index contributed by atoms with van der Waals surface area (Å²) >= 11 is 0. The zero-order valence-electron chi connectivity index (χ0n) is 13.2. The molecule has 0 fully saturated rings. The fourth-order valence-electron chi connectivity index (χ4n) is 2.65. The highest BCUT2D eigenvalue weighted by molar-refractivity contribution is 5.93. The molecule has 1 aromatic carbocycles. The van der Waals surface area contributed by atoms with E-state index in [1.165, 1.54) is 4.90 Å². The van der Waals surface area contributed by atoms with Crippen LogP contribution in [-0.2, 0) is 4.79 Å². The van der Waals surface area contributed by atoms with Crippen LogP contribution in [0.4, 0.5) is 23.1 Å². The molecule has 1 atom stereocenters. The molecule has 2 amide bonds. The summed E-state index contributed by atoms with van der Waals surface area (Å²) in [6.07, 6.45) is 0.593. The SMILES string of the molecule is NC(=O)c1ccc(NCC2CNc3[nH]c(N)nc(=O)c3N2C=O)cc1. The molecule has 0 radical (unpaired) electrons. The largest absolute Gasteiger partial charge is 0.383 e. The van der Waals surface area contributed by atoms with Gasteiger partial charge in [-0.2, -0.15) is 4.98 Å². The lowest BCUT2D eigenvalue weighted by Gasteiger charge is -2.34. The Morgan fingerprint density at radius 3 is 2.76 bits per heavy atom. The molecule has 130 valence electrons. The zero-order valence-corrected chi connectivity index (χ0v) is 13.2. The summed E-state index contributed by atoms with van der Waals surface area (Å²) in [4.78, 5) is 42.3. The molecule has 2 aromatic rings. The van der Waals surface area contributed by atoms with E-state index in [4.69, 9.17) is 11.5 Å². The molecule has 10 heteroatoms. The summed E-state index contributed by atoms with van der Waals surface area (Å²) in [5.41, 5.74) is 11.4. The van der Waals surface area contributed by atoms with Crippen molar-refractivity contribution in [1.82, 2.24) is 9.97 Å². The standard InChI is InChI=1S/C15H17N7O3/c16-12(24)8-1-3-9(4-2-8)18-5-10-6-19-13-11(22(10)7-23)14(25)21-15(17)20-13/h1-4,7,10,18H,5-6H2,(H2,16,24)(H4,17,19,20,21,25). The van der Waals surface area contributed by atoms with Crippen LogP contribution in [0.3, 0.4) is 0 Å². The van der Waals surface area contributed by atoms with Crippen molar-refractivity contribution in [2.24, 2.45) is 5.73 Å². The first-order valence-corrected chi connectivity index (χ1v) is 7.50. The summed E-state index contributed by atoms with van der Waals surface area (Å²) in [6, 6.07) is 6.32. The summed E-state index contributed by atoms with van der Waals surface area (Å²) in [5.74, 6) is -0.155. The Morgan fingerprint density at radius 1 is 1.40 bits per heavy atom. The predicted molar refractivity (Wildman–Crippen MR) is 93.5 cm³/mol. The number of nitrogens with zero attached hydrogens (tertiary/aromatic N) is 2. The smallest absolute Gasteiger partial charge is 0.300 e. The minimum absolute atomic E-state index is 0.0202. The topological polar surface area (TPSA) is 159 Å². The molecule has 25 heavy (non-hydrogen) atoms. The van der Waals surface area contributed by atoms with E-state index in [-0.39, 0.29) is 17.7 Å². The van der Waals surface area contributed by atoms with Crippen molar-refractivity contribution < 1.29 is 9.59 Å². The van der Waals surface area contributed by atoms with Gasteiger partial charge in [0.25, 0.3) is 0 Å². The van der Waals surface area contributed by atoms with Gasteiger partial charge in [0.05, 0.1) is 6.04 Å². The molecular formula is C15H17N7O3. The van der Waals surface area contributed by atoms with E-state index in [1.807, 2.05) is 0 Å². The monoisotopic (exact) mass is 343 g/mol. The Bertz CT molecular complexity index is 862. The van der Waals surface area contributed by atoms with Crippen LogP contribution in [-0.4, -0.2) is 41.4 Å². The Labute approximate surface area is 142 Å². The molecule has 3 rings (SSSR count). The summed E-state index contributed by atoms with van der Waals surface area (Å²) < 4.78 is 0. The first kappa shape index (κ1) is 16.3. The van der Waals surface area contributed by atoms with Crippen LogP contribution in [0.2, 0.25) is 0 Å². The molecule has 0 aliphatic carbocycles. The molecule has 1 aliphatic rings. The quantitative estimate of drug-likeness (QED) is 0.450. The number of nitrogens with one attached hydrogen (secondary N) is 3. The fourth-order valence-corrected chi connectivity index (χ4v) is 2.65. The van der Waals surface area contributed by atoms with Gasteiger partial charge in [-0.1, -0.05) is 0 Å². The first-order valence-electron chi connectivity index (χ1n) is 7.50. The van der Waals surface area contributed by atoms with Crippen molar-refractivity contribution >= 4 is 35.5 Å². The maximum Gasteiger partial charge on any atom is 0.300 e. The molecule has 0 saturated carbocycles. The first-order chi connectivity index (χ1) is 12.0. The molecule has 1 unspecified atom stereocenters. The normalized spacial score (nSPS) is 15.8. The van der Waals surface area contributed by atoms with Crippen LogP contribution >= 0.6 is 0 Å².